The lowest BCUT2D eigenvalue weighted by Gasteiger charge is -2.09. The second kappa shape index (κ2) is 7.72. The number of rotatable bonds is 5. The maximum atomic E-state index is 6.17. The molecule has 6 heteroatoms. The van der Waals surface area contributed by atoms with E-state index in [1.165, 1.54) is 5.56 Å². The average Bonchev–Trinajstić information content (AvgIpc) is 2.88. The van der Waals surface area contributed by atoms with Gasteiger partial charge in [0.05, 0.1) is 11.1 Å². The molecule has 3 nitrogen and oxygen atoms in total. The maximum absolute atomic E-state index is 6.17. The van der Waals surface area contributed by atoms with Crippen molar-refractivity contribution in [2.45, 2.75) is 26.9 Å². The number of nitrogens with one attached hydrogen (secondary N) is 1. The van der Waals surface area contributed by atoms with E-state index in [1.54, 1.807) is 17.6 Å². The molecule has 0 aliphatic carbocycles. The summed E-state index contributed by atoms with van der Waals surface area (Å²) in [7, 11) is 0. The minimum Gasteiger partial charge on any atom is -0.393 e. The molecule has 0 atom stereocenters. The van der Waals surface area contributed by atoms with Gasteiger partial charge in [0.15, 0.2) is 0 Å². The number of thiocarbonyl (C=S) groups is 1. The minimum atomic E-state index is 0.0331. The zero-order valence-corrected chi connectivity index (χ0v) is 15.0. The molecule has 0 saturated heterocycles. The Hall–Kier alpha value is -1.43. The standard InChI is InChI=1S/C16H17ClN2OS2/c1-10(2)20-18-9-12-8-13(4-5-14(12)17)19-16(21)15-11(3)6-7-22-15/h4-10H,1-3H3,(H,19,21)/b18-9+. The van der Waals surface area contributed by atoms with Gasteiger partial charge in [-0.05, 0) is 56.0 Å². The van der Waals surface area contributed by atoms with E-state index >= 15 is 0 Å². The van der Waals surface area contributed by atoms with Crippen LogP contribution in [0.1, 0.15) is 29.9 Å². The van der Waals surface area contributed by atoms with Crippen molar-refractivity contribution in [3.05, 3.63) is 50.7 Å². The van der Waals surface area contributed by atoms with Gasteiger partial charge < -0.3 is 10.2 Å². The van der Waals surface area contributed by atoms with Gasteiger partial charge in [-0.3, -0.25) is 0 Å². The lowest BCUT2D eigenvalue weighted by Crippen LogP contribution is -2.10. The molecule has 0 aliphatic heterocycles. The first-order chi connectivity index (χ1) is 10.5. The molecule has 0 saturated carbocycles. The summed E-state index contributed by atoms with van der Waals surface area (Å²) in [5.41, 5.74) is 2.81. The average molecular weight is 353 g/mol. The predicted octanol–water partition coefficient (Wildman–Crippen LogP) is 5.26. The molecule has 1 aromatic heterocycles. The van der Waals surface area contributed by atoms with E-state index in [4.69, 9.17) is 28.7 Å². The fourth-order valence-corrected chi connectivity index (χ4v) is 3.13. The number of hydrogen-bond acceptors (Lipinski definition) is 4. The number of halogens is 1. The first-order valence-corrected chi connectivity index (χ1v) is 8.48. The smallest absolute Gasteiger partial charge is 0.122 e. The molecule has 22 heavy (non-hydrogen) atoms. The lowest BCUT2D eigenvalue weighted by atomic mass is 10.2. The highest BCUT2D eigenvalue weighted by atomic mass is 35.5. The van der Waals surface area contributed by atoms with Gasteiger partial charge in [0.25, 0.3) is 0 Å². The summed E-state index contributed by atoms with van der Waals surface area (Å²) in [4.78, 5) is 6.94. The second-order valence-electron chi connectivity index (χ2n) is 5.01. The zero-order chi connectivity index (χ0) is 16.1. The Morgan fingerprint density at radius 3 is 2.82 bits per heavy atom. The molecule has 1 aromatic carbocycles. The van der Waals surface area contributed by atoms with Crippen LogP contribution in [-0.4, -0.2) is 17.3 Å². The van der Waals surface area contributed by atoms with Crippen LogP contribution in [-0.2, 0) is 4.84 Å². The highest BCUT2D eigenvalue weighted by Crippen LogP contribution is 2.22. The highest BCUT2D eigenvalue weighted by Gasteiger charge is 2.08. The van der Waals surface area contributed by atoms with E-state index in [0.29, 0.717) is 10.0 Å². The number of thiophene rings is 1. The molecule has 2 rings (SSSR count). The predicted molar refractivity (Wildman–Crippen MR) is 99.6 cm³/mol. The van der Waals surface area contributed by atoms with Crippen LogP contribution in [0.25, 0.3) is 0 Å². The van der Waals surface area contributed by atoms with Gasteiger partial charge in [-0.15, -0.1) is 11.3 Å². The molecule has 0 amide bonds. The topological polar surface area (TPSA) is 33.6 Å². The number of hydrogen-bond donors (Lipinski definition) is 1. The number of anilines is 1. The van der Waals surface area contributed by atoms with E-state index in [9.17, 15) is 0 Å². The minimum absolute atomic E-state index is 0.0331. The highest BCUT2D eigenvalue weighted by molar-refractivity contribution is 7.81. The van der Waals surface area contributed by atoms with Crippen molar-refractivity contribution in [3.8, 4) is 0 Å². The summed E-state index contributed by atoms with van der Waals surface area (Å²) in [6.45, 7) is 5.88. The second-order valence-corrected chi connectivity index (χ2v) is 6.74. The quantitative estimate of drug-likeness (QED) is 0.453. The largest absolute Gasteiger partial charge is 0.393 e. The van der Waals surface area contributed by atoms with Crippen LogP contribution in [0, 0.1) is 6.92 Å². The third-order valence-electron chi connectivity index (χ3n) is 2.79. The lowest BCUT2D eigenvalue weighted by molar-refractivity contribution is 0.0874. The van der Waals surface area contributed by atoms with Crippen LogP contribution < -0.4 is 5.32 Å². The summed E-state index contributed by atoms with van der Waals surface area (Å²) in [5, 5.41) is 9.79. The number of nitrogens with zero attached hydrogens (tertiary/aromatic N) is 1. The Balaban J connectivity index is 2.14. The van der Waals surface area contributed by atoms with Gasteiger partial charge in [0.1, 0.15) is 11.1 Å². The van der Waals surface area contributed by atoms with Crippen LogP contribution in [0.5, 0.6) is 0 Å². The zero-order valence-electron chi connectivity index (χ0n) is 12.6. The molecular weight excluding hydrogens is 336 g/mol. The van der Waals surface area contributed by atoms with Crippen LogP contribution >= 0.6 is 35.2 Å². The van der Waals surface area contributed by atoms with Gasteiger partial charge in [-0.1, -0.05) is 29.0 Å². The SMILES string of the molecule is Cc1ccsc1C(=S)Nc1ccc(Cl)c(/C=N/OC(C)C)c1. The maximum Gasteiger partial charge on any atom is 0.122 e. The Kier molecular flexibility index (Phi) is 5.94. The fraction of sp³-hybridized carbons (Fsp3) is 0.250. The molecule has 0 fully saturated rings. The number of oxime groups is 1. The van der Waals surface area contributed by atoms with Crippen molar-refractivity contribution in [3.63, 3.8) is 0 Å². The summed E-state index contributed by atoms with van der Waals surface area (Å²) in [6, 6.07) is 7.64. The van der Waals surface area contributed by atoms with Crippen LogP contribution in [0.2, 0.25) is 5.02 Å². The Morgan fingerprint density at radius 2 is 2.18 bits per heavy atom. The molecule has 2 aromatic rings. The van der Waals surface area contributed by atoms with Gasteiger partial charge in [-0.25, -0.2) is 0 Å². The van der Waals surface area contributed by atoms with E-state index in [0.717, 1.165) is 16.1 Å². The third-order valence-corrected chi connectivity index (χ3v) is 4.60. The van der Waals surface area contributed by atoms with Crippen molar-refractivity contribution in [2.75, 3.05) is 5.32 Å². The number of aryl methyl sites for hydroxylation is 1. The Morgan fingerprint density at radius 1 is 1.41 bits per heavy atom. The third kappa shape index (κ3) is 4.53. The first-order valence-electron chi connectivity index (χ1n) is 6.81. The molecule has 0 radical (unpaired) electrons. The van der Waals surface area contributed by atoms with Crippen LogP contribution in [0.4, 0.5) is 5.69 Å². The molecule has 0 aliphatic rings. The summed E-state index contributed by atoms with van der Waals surface area (Å²) < 4.78 is 0. The van der Waals surface area contributed by atoms with E-state index < -0.39 is 0 Å². The Labute approximate surface area is 144 Å². The first kappa shape index (κ1) is 16.9. The normalized spacial score (nSPS) is 11.1. The molecule has 0 spiro atoms. The molecule has 1 heterocycles. The van der Waals surface area contributed by atoms with E-state index in [1.807, 2.05) is 44.4 Å². The van der Waals surface area contributed by atoms with Crippen LogP contribution in [0.3, 0.4) is 0 Å². The molecule has 116 valence electrons. The monoisotopic (exact) mass is 352 g/mol. The van der Waals surface area contributed by atoms with Gasteiger partial charge in [0.2, 0.25) is 0 Å². The van der Waals surface area contributed by atoms with Crippen LogP contribution in [0.15, 0.2) is 34.8 Å². The summed E-state index contributed by atoms with van der Waals surface area (Å²) in [5.74, 6) is 0. The van der Waals surface area contributed by atoms with Gasteiger partial charge in [-0.2, -0.15) is 0 Å². The molecule has 0 bridgehead atoms. The summed E-state index contributed by atoms with van der Waals surface area (Å²) in [6.07, 6.45) is 1.64. The van der Waals surface area contributed by atoms with Gasteiger partial charge in [0, 0.05) is 16.3 Å². The molecule has 1 N–H and O–H groups in total. The van der Waals surface area contributed by atoms with Crippen molar-refractivity contribution in [1.29, 1.82) is 0 Å². The molecular formula is C16H17ClN2OS2. The van der Waals surface area contributed by atoms with Gasteiger partial charge >= 0.3 is 0 Å². The van der Waals surface area contributed by atoms with E-state index in [2.05, 4.69) is 16.5 Å². The van der Waals surface area contributed by atoms with Crippen molar-refractivity contribution < 1.29 is 4.84 Å². The Bertz CT molecular complexity index is 695. The number of benzene rings is 1. The van der Waals surface area contributed by atoms with E-state index in [-0.39, 0.29) is 6.10 Å². The van der Waals surface area contributed by atoms with Crippen molar-refractivity contribution >= 4 is 52.0 Å². The fourth-order valence-electron chi connectivity index (χ4n) is 1.72. The summed E-state index contributed by atoms with van der Waals surface area (Å²) >= 11 is 13.2. The van der Waals surface area contributed by atoms with Crippen molar-refractivity contribution in [1.82, 2.24) is 0 Å². The molecule has 0 unspecified atom stereocenters. The van der Waals surface area contributed by atoms with Crippen molar-refractivity contribution in [2.24, 2.45) is 5.16 Å².